The largest absolute Gasteiger partial charge is 0.317 e. The molecule has 2 aliphatic heterocycles. The summed E-state index contributed by atoms with van der Waals surface area (Å²) >= 11 is 0. The molecule has 2 heterocycles. The van der Waals surface area contributed by atoms with E-state index in [0.29, 0.717) is 13.1 Å². The molecular weight excluding hydrogens is 264 g/mol. The lowest BCUT2D eigenvalue weighted by atomic mass is 9.98. The predicted octanol–water partition coefficient (Wildman–Crippen LogP) is 0.801. The van der Waals surface area contributed by atoms with Crippen LogP contribution in [0.1, 0.15) is 37.7 Å². The maximum Gasteiger partial charge on any atom is 0.241 e. The SMILES string of the molecule is CC1CC[NH+](CN2C(=O)C[C@@H](c3ccccc3)C2=O)CC1. The van der Waals surface area contributed by atoms with Crippen molar-refractivity contribution in [3.05, 3.63) is 35.9 Å². The summed E-state index contributed by atoms with van der Waals surface area (Å²) in [5.41, 5.74) is 0.959. The van der Waals surface area contributed by atoms with E-state index in [9.17, 15) is 9.59 Å². The Labute approximate surface area is 125 Å². The van der Waals surface area contributed by atoms with Gasteiger partial charge < -0.3 is 4.90 Å². The third-order valence-corrected chi connectivity index (χ3v) is 4.81. The highest BCUT2D eigenvalue weighted by Crippen LogP contribution is 2.28. The number of hydrogen-bond acceptors (Lipinski definition) is 2. The Balaban J connectivity index is 1.67. The molecule has 1 atom stereocenters. The van der Waals surface area contributed by atoms with E-state index in [-0.39, 0.29) is 17.7 Å². The minimum absolute atomic E-state index is 0.0139. The molecule has 0 aromatic heterocycles. The molecule has 4 heteroatoms. The number of piperidine rings is 1. The van der Waals surface area contributed by atoms with Crippen LogP contribution in [0.3, 0.4) is 0 Å². The molecule has 2 amide bonds. The van der Waals surface area contributed by atoms with Crippen LogP contribution in [-0.2, 0) is 9.59 Å². The van der Waals surface area contributed by atoms with Crippen molar-refractivity contribution in [2.45, 2.75) is 32.1 Å². The number of nitrogens with one attached hydrogen (secondary N) is 1. The van der Waals surface area contributed by atoms with Crippen LogP contribution in [0.25, 0.3) is 0 Å². The highest BCUT2D eigenvalue weighted by atomic mass is 16.2. The molecular formula is C17H23N2O2+. The van der Waals surface area contributed by atoms with Crippen molar-refractivity contribution in [2.24, 2.45) is 5.92 Å². The Morgan fingerprint density at radius 2 is 1.81 bits per heavy atom. The molecule has 4 nitrogen and oxygen atoms in total. The number of benzene rings is 1. The molecule has 0 spiro atoms. The van der Waals surface area contributed by atoms with Gasteiger partial charge in [0.15, 0.2) is 6.67 Å². The highest BCUT2D eigenvalue weighted by molar-refractivity contribution is 6.06. The summed E-state index contributed by atoms with van der Waals surface area (Å²) in [6.07, 6.45) is 2.70. The highest BCUT2D eigenvalue weighted by Gasteiger charge is 2.41. The Morgan fingerprint density at radius 1 is 1.14 bits per heavy atom. The van der Waals surface area contributed by atoms with Gasteiger partial charge >= 0.3 is 0 Å². The van der Waals surface area contributed by atoms with Crippen molar-refractivity contribution >= 4 is 11.8 Å². The molecule has 3 rings (SSSR count). The number of quaternary nitrogens is 1. The molecule has 2 saturated heterocycles. The monoisotopic (exact) mass is 287 g/mol. The van der Waals surface area contributed by atoms with Gasteiger partial charge in [-0.2, -0.15) is 0 Å². The van der Waals surface area contributed by atoms with E-state index in [4.69, 9.17) is 0 Å². The van der Waals surface area contributed by atoms with Crippen molar-refractivity contribution in [1.29, 1.82) is 0 Å². The smallest absolute Gasteiger partial charge is 0.241 e. The van der Waals surface area contributed by atoms with Crippen LogP contribution in [0.15, 0.2) is 30.3 Å². The molecule has 112 valence electrons. The average molecular weight is 287 g/mol. The average Bonchev–Trinajstić information content (AvgIpc) is 2.78. The second kappa shape index (κ2) is 5.98. The predicted molar refractivity (Wildman–Crippen MR) is 79.6 cm³/mol. The summed E-state index contributed by atoms with van der Waals surface area (Å²) in [7, 11) is 0. The molecule has 0 unspecified atom stereocenters. The zero-order chi connectivity index (χ0) is 14.8. The zero-order valence-corrected chi connectivity index (χ0v) is 12.5. The molecule has 2 fully saturated rings. The summed E-state index contributed by atoms with van der Waals surface area (Å²) in [6, 6.07) is 9.66. The Kier molecular flexibility index (Phi) is 4.06. The van der Waals surface area contributed by atoms with Crippen LogP contribution in [-0.4, -0.2) is 36.5 Å². The summed E-state index contributed by atoms with van der Waals surface area (Å²) < 4.78 is 0. The van der Waals surface area contributed by atoms with Crippen molar-refractivity contribution in [3.8, 4) is 0 Å². The fraction of sp³-hybridized carbons (Fsp3) is 0.529. The fourth-order valence-corrected chi connectivity index (χ4v) is 3.35. The number of amides is 2. The first-order valence-electron chi connectivity index (χ1n) is 7.88. The second-order valence-electron chi connectivity index (χ2n) is 6.42. The van der Waals surface area contributed by atoms with E-state index in [0.717, 1.165) is 24.6 Å². The van der Waals surface area contributed by atoms with Gasteiger partial charge in [0.25, 0.3) is 0 Å². The van der Waals surface area contributed by atoms with Crippen molar-refractivity contribution in [2.75, 3.05) is 19.8 Å². The van der Waals surface area contributed by atoms with Crippen LogP contribution in [0.4, 0.5) is 0 Å². The number of carbonyl (C=O) groups is 2. The lowest BCUT2D eigenvalue weighted by molar-refractivity contribution is -0.913. The van der Waals surface area contributed by atoms with Crippen LogP contribution in [0.2, 0.25) is 0 Å². The van der Waals surface area contributed by atoms with Crippen LogP contribution in [0.5, 0.6) is 0 Å². The van der Waals surface area contributed by atoms with E-state index in [1.165, 1.54) is 22.6 Å². The molecule has 0 aliphatic carbocycles. The Bertz CT molecular complexity index is 521. The standard InChI is InChI=1S/C17H22N2O2/c1-13-7-9-18(10-8-13)12-19-16(20)11-15(17(19)21)14-5-3-2-4-6-14/h2-6,13,15H,7-12H2,1H3/p+1/t15-/m0/s1. The third-order valence-electron chi connectivity index (χ3n) is 4.81. The van der Waals surface area contributed by atoms with E-state index < -0.39 is 0 Å². The van der Waals surface area contributed by atoms with Crippen LogP contribution in [0, 0.1) is 5.92 Å². The van der Waals surface area contributed by atoms with Gasteiger partial charge in [0.05, 0.1) is 19.0 Å². The maximum absolute atomic E-state index is 12.5. The topological polar surface area (TPSA) is 41.8 Å². The molecule has 1 N–H and O–H groups in total. The van der Waals surface area contributed by atoms with Crippen LogP contribution >= 0.6 is 0 Å². The molecule has 1 aromatic rings. The molecule has 1 aromatic carbocycles. The zero-order valence-electron chi connectivity index (χ0n) is 12.5. The molecule has 0 bridgehead atoms. The molecule has 0 saturated carbocycles. The normalized spacial score (nSPS) is 30.0. The minimum atomic E-state index is -0.276. The molecule has 0 radical (unpaired) electrons. The molecule has 21 heavy (non-hydrogen) atoms. The quantitative estimate of drug-likeness (QED) is 0.836. The van der Waals surface area contributed by atoms with Crippen molar-refractivity contribution < 1.29 is 14.5 Å². The Morgan fingerprint density at radius 3 is 2.48 bits per heavy atom. The third kappa shape index (κ3) is 3.00. The van der Waals surface area contributed by atoms with Gasteiger partial charge in [0, 0.05) is 6.42 Å². The van der Waals surface area contributed by atoms with Gasteiger partial charge in [-0.05, 0) is 24.3 Å². The number of likely N-dealkylation sites (tertiary alicyclic amines) is 2. The first-order chi connectivity index (χ1) is 10.1. The number of carbonyl (C=O) groups excluding carboxylic acids is 2. The number of imide groups is 1. The van der Waals surface area contributed by atoms with E-state index in [1.54, 1.807) is 0 Å². The summed E-state index contributed by atoms with van der Waals surface area (Å²) in [5, 5.41) is 0. The van der Waals surface area contributed by atoms with E-state index >= 15 is 0 Å². The van der Waals surface area contributed by atoms with Crippen molar-refractivity contribution in [1.82, 2.24) is 4.90 Å². The lowest BCUT2D eigenvalue weighted by Gasteiger charge is -2.29. The van der Waals surface area contributed by atoms with Gasteiger partial charge in [0.2, 0.25) is 11.8 Å². The van der Waals surface area contributed by atoms with E-state index in [2.05, 4.69) is 6.92 Å². The second-order valence-corrected chi connectivity index (χ2v) is 6.42. The van der Waals surface area contributed by atoms with E-state index in [1.807, 2.05) is 30.3 Å². The molecule has 2 aliphatic rings. The maximum atomic E-state index is 12.5. The van der Waals surface area contributed by atoms with Gasteiger partial charge in [0.1, 0.15) is 0 Å². The van der Waals surface area contributed by atoms with Gasteiger partial charge in [-0.25, -0.2) is 4.90 Å². The van der Waals surface area contributed by atoms with Gasteiger partial charge in [-0.1, -0.05) is 37.3 Å². The van der Waals surface area contributed by atoms with Gasteiger partial charge in [-0.15, -0.1) is 0 Å². The number of hydrogen-bond donors (Lipinski definition) is 1. The Hall–Kier alpha value is -1.68. The fourth-order valence-electron chi connectivity index (χ4n) is 3.35. The lowest BCUT2D eigenvalue weighted by Crippen LogP contribution is -3.14. The first-order valence-corrected chi connectivity index (χ1v) is 7.88. The first kappa shape index (κ1) is 14.3. The summed E-state index contributed by atoms with van der Waals surface area (Å²) in [6.45, 7) is 4.95. The number of rotatable bonds is 3. The van der Waals surface area contributed by atoms with Gasteiger partial charge in [-0.3, -0.25) is 9.59 Å². The summed E-state index contributed by atoms with van der Waals surface area (Å²) in [4.78, 5) is 27.6. The number of nitrogens with zero attached hydrogens (tertiary/aromatic N) is 1. The van der Waals surface area contributed by atoms with Crippen molar-refractivity contribution in [3.63, 3.8) is 0 Å². The summed E-state index contributed by atoms with van der Waals surface area (Å²) in [5.74, 6) is 0.468. The minimum Gasteiger partial charge on any atom is -0.317 e. The van der Waals surface area contributed by atoms with Crippen LogP contribution < -0.4 is 4.90 Å².